The summed E-state index contributed by atoms with van der Waals surface area (Å²) in [6.07, 6.45) is 0. The third-order valence-electron chi connectivity index (χ3n) is 0.771. The van der Waals surface area contributed by atoms with Gasteiger partial charge in [0.05, 0.1) is 27.7 Å². The molecule has 3 heteroatoms. The van der Waals surface area contributed by atoms with Crippen molar-refractivity contribution in [1.82, 2.24) is 0 Å². The maximum absolute atomic E-state index is 8.39. The van der Waals surface area contributed by atoms with E-state index in [1.54, 1.807) is 0 Å². The standard InChI is InChI=1S/C5H14NO.CH3O/c1-6(2,3)4-5-7;1-2/h7H,4-5H2,1-3H3;1H3/q+1;-1. The molecule has 1 N–H and O–H groups in total. The summed E-state index contributed by atoms with van der Waals surface area (Å²) in [6, 6.07) is 0. The summed E-state index contributed by atoms with van der Waals surface area (Å²) in [5.74, 6) is 0. The van der Waals surface area contributed by atoms with Gasteiger partial charge in [-0.1, -0.05) is 0 Å². The van der Waals surface area contributed by atoms with Crippen LogP contribution >= 0.6 is 0 Å². The van der Waals surface area contributed by atoms with E-state index < -0.39 is 0 Å². The monoisotopic (exact) mass is 135 g/mol. The van der Waals surface area contributed by atoms with Crippen LogP contribution in [0.15, 0.2) is 0 Å². The first kappa shape index (κ1) is 11.6. The van der Waals surface area contributed by atoms with E-state index in [0.29, 0.717) is 0 Å². The molecule has 0 radical (unpaired) electrons. The summed E-state index contributed by atoms with van der Waals surface area (Å²) in [5.41, 5.74) is 0. The minimum absolute atomic E-state index is 0.281. The quantitative estimate of drug-likeness (QED) is 0.476. The zero-order valence-electron chi connectivity index (χ0n) is 6.72. The van der Waals surface area contributed by atoms with E-state index >= 15 is 0 Å². The summed E-state index contributed by atoms with van der Waals surface area (Å²) < 4.78 is 0.844. The highest BCUT2D eigenvalue weighted by atomic mass is 16.3. The Hall–Kier alpha value is -0.120. The number of quaternary nitrogens is 1. The number of rotatable bonds is 2. The number of aliphatic hydroxyl groups excluding tert-OH is 1. The molecule has 0 heterocycles. The van der Waals surface area contributed by atoms with Gasteiger partial charge in [-0.3, -0.25) is 0 Å². The molecule has 58 valence electrons. The van der Waals surface area contributed by atoms with Crippen LogP contribution in [0, 0.1) is 0 Å². The Morgan fingerprint density at radius 2 is 1.56 bits per heavy atom. The van der Waals surface area contributed by atoms with Crippen molar-refractivity contribution < 1.29 is 14.7 Å². The lowest BCUT2D eigenvalue weighted by atomic mass is 10.5. The van der Waals surface area contributed by atoms with Crippen LogP contribution in [0.2, 0.25) is 0 Å². The molecule has 0 saturated heterocycles. The predicted molar refractivity (Wildman–Crippen MR) is 35.9 cm³/mol. The van der Waals surface area contributed by atoms with Crippen LogP contribution in [0.3, 0.4) is 0 Å². The van der Waals surface area contributed by atoms with Crippen LogP contribution in [0.5, 0.6) is 0 Å². The van der Waals surface area contributed by atoms with Gasteiger partial charge in [-0.05, 0) is 0 Å². The third-order valence-corrected chi connectivity index (χ3v) is 0.771. The molecule has 0 aliphatic rings. The number of nitrogens with zero attached hydrogens (tertiary/aromatic N) is 1. The molecule has 0 spiro atoms. The van der Waals surface area contributed by atoms with Gasteiger partial charge in [0.2, 0.25) is 0 Å². The molecule has 0 aromatic rings. The van der Waals surface area contributed by atoms with Gasteiger partial charge in [0, 0.05) is 0 Å². The second-order valence-electron chi connectivity index (χ2n) is 2.74. The van der Waals surface area contributed by atoms with E-state index in [1.807, 2.05) is 0 Å². The van der Waals surface area contributed by atoms with E-state index in [4.69, 9.17) is 10.2 Å². The van der Waals surface area contributed by atoms with Crippen LogP contribution in [0.1, 0.15) is 0 Å². The number of likely N-dealkylation sites (N-methyl/N-ethyl adjacent to an activating group) is 1. The largest absolute Gasteiger partial charge is 0.857 e. The van der Waals surface area contributed by atoms with E-state index in [0.717, 1.165) is 18.1 Å². The lowest BCUT2D eigenvalue weighted by Crippen LogP contribution is -2.36. The lowest BCUT2D eigenvalue weighted by Gasteiger charge is -2.21. The normalized spacial score (nSPS) is 10.0. The van der Waals surface area contributed by atoms with Gasteiger partial charge < -0.3 is 14.7 Å². The van der Waals surface area contributed by atoms with Crippen LogP contribution < -0.4 is 5.11 Å². The predicted octanol–water partition coefficient (Wildman–Crippen LogP) is -1.34. The summed E-state index contributed by atoms with van der Waals surface area (Å²) in [5, 5.41) is 16.6. The van der Waals surface area contributed by atoms with Gasteiger partial charge in [0.15, 0.2) is 0 Å². The highest BCUT2D eigenvalue weighted by Crippen LogP contribution is 1.84. The number of hydrogen-bond donors (Lipinski definition) is 1. The van der Waals surface area contributed by atoms with E-state index in [1.165, 1.54) is 0 Å². The molecule has 0 bridgehead atoms. The lowest BCUT2D eigenvalue weighted by molar-refractivity contribution is -0.870. The molecule has 0 aromatic heterocycles. The SMILES string of the molecule is C[N+](C)(C)CCO.C[O-]. The van der Waals surface area contributed by atoms with Crippen molar-refractivity contribution in [3.8, 4) is 0 Å². The zero-order valence-corrected chi connectivity index (χ0v) is 6.72. The van der Waals surface area contributed by atoms with Gasteiger partial charge in [0.25, 0.3) is 0 Å². The molecule has 0 aromatic carbocycles. The van der Waals surface area contributed by atoms with Crippen molar-refractivity contribution in [1.29, 1.82) is 0 Å². The van der Waals surface area contributed by atoms with Crippen molar-refractivity contribution >= 4 is 0 Å². The molecule has 0 fully saturated rings. The molecular weight excluding hydrogens is 118 g/mol. The Morgan fingerprint density at radius 1 is 1.22 bits per heavy atom. The first-order valence-corrected chi connectivity index (χ1v) is 2.88. The molecule has 0 amide bonds. The van der Waals surface area contributed by atoms with Crippen LogP contribution in [0.4, 0.5) is 0 Å². The van der Waals surface area contributed by atoms with Gasteiger partial charge in [-0.2, -0.15) is 7.11 Å². The molecule has 0 unspecified atom stereocenters. The zero-order chi connectivity index (χ0) is 7.91. The molecule has 0 aliphatic carbocycles. The Morgan fingerprint density at radius 3 is 1.56 bits per heavy atom. The van der Waals surface area contributed by atoms with Crippen molar-refractivity contribution in [3.05, 3.63) is 0 Å². The maximum Gasteiger partial charge on any atom is 0.101 e. The fourth-order valence-corrected chi connectivity index (χ4v) is 0.300. The minimum Gasteiger partial charge on any atom is -0.857 e. The fraction of sp³-hybridized carbons (Fsp3) is 1.00. The van der Waals surface area contributed by atoms with E-state index in [9.17, 15) is 0 Å². The fourth-order valence-electron chi connectivity index (χ4n) is 0.300. The highest BCUT2D eigenvalue weighted by molar-refractivity contribution is 4.19. The van der Waals surface area contributed by atoms with Gasteiger partial charge in [0.1, 0.15) is 6.54 Å². The molecule has 0 aliphatic heterocycles. The van der Waals surface area contributed by atoms with Crippen molar-refractivity contribution in [2.24, 2.45) is 0 Å². The van der Waals surface area contributed by atoms with Crippen molar-refractivity contribution in [2.45, 2.75) is 0 Å². The van der Waals surface area contributed by atoms with Gasteiger partial charge in [-0.25, -0.2) is 0 Å². The van der Waals surface area contributed by atoms with Crippen molar-refractivity contribution in [3.63, 3.8) is 0 Å². The summed E-state index contributed by atoms with van der Waals surface area (Å²) in [4.78, 5) is 0. The second-order valence-corrected chi connectivity index (χ2v) is 2.74. The minimum atomic E-state index is 0.281. The third kappa shape index (κ3) is 18.1. The average molecular weight is 135 g/mol. The smallest absolute Gasteiger partial charge is 0.101 e. The molecule has 0 rings (SSSR count). The van der Waals surface area contributed by atoms with E-state index in [2.05, 4.69) is 21.1 Å². The molecular formula is C6H17NO2. The second kappa shape index (κ2) is 6.01. The summed E-state index contributed by atoms with van der Waals surface area (Å²) in [6.45, 7) is 1.11. The Balaban J connectivity index is 0. The van der Waals surface area contributed by atoms with Crippen molar-refractivity contribution in [2.75, 3.05) is 41.4 Å². The van der Waals surface area contributed by atoms with Crippen LogP contribution in [-0.2, 0) is 0 Å². The number of aliphatic hydroxyl groups is 1. The number of hydrogen-bond acceptors (Lipinski definition) is 2. The Labute approximate surface area is 57.1 Å². The topological polar surface area (TPSA) is 43.3 Å². The summed E-state index contributed by atoms with van der Waals surface area (Å²) >= 11 is 0. The summed E-state index contributed by atoms with van der Waals surface area (Å²) in [7, 11) is 6.91. The maximum atomic E-state index is 8.39. The van der Waals surface area contributed by atoms with Crippen LogP contribution in [-0.4, -0.2) is 51.0 Å². The first-order chi connectivity index (χ1) is 4.06. The van der Waals surface area contributed by atoms with Gasteiger partial charge >= 0.3 is 0 Å². The molecule has 0 atom stereocenters. The van der Waals surface area contributed by atoms with E-state index in [-0.39, 0.29) is 6.61 Å². The molecule has 0 saturated carbocycles. The Kier molecular flexibility index (Phi) is 7.77. The van der Waals surface area contributed by atoms with Gasteiger partial charge in [-0.15, -0.1) is 0 Å². The van der Waals surface area contributed by atoms with Crippen LogP contribution in [0.25, 0.3) is 0 Å². The molecule has 9 heavy (non-hydrogen) atoms. The average Bonchev–Trinajstić information content (AvgIpc) is 1.69. The first-order valence-electron chi connectivity index (χ1n) is 2.88. The Bertz CT molecular complexity index is 49.5. The molecule has 3 nitrogen and oxygen atoms in total. The highest BCUT2D eigenvalue weighted by Gasteiger charge is 2.02.